The SMILES string of the molecule is Cc1cc(NC(=O)COC(=O)[C@H](CC(C)C)N2C(=O)[C@H]3C4c5ccccc5C(c5ccccc54)[C@@H]3C2=O)ccc1Br. The van der Waals surface area contributed by atoms with Crippen LogP contribution < -0.4 is 5.32 Å². The van der Waals surface area contributed by atoms with Gasteiger partial charge in [0.25, 0.3) is 5.91 Å². The number of nitrogens with zero attached hydrogens (tertiary/aromatic N) is 1. The number of carbonyl (C=O) groups excluding carboxylic acids is 4. The molecule has 3 atom stereocenters. The molecular formula is C33H31BrN2O5. The lowest BCUT2D eigenvalue weighted by atomic mass is 9.55. The Morgan fingerprint density at radius 2 is 1.39 bits per heavy atom. The van der Waals surface area contributed by atoms with E-state index in [1.807, 2.05) is 75.4 Å². The second-order valence-electron chi connectivity index (χ2n) is 11.6. The Labute approximate surface area is 247 Å². The van der Waals surface area contributed by atoms with Crippen molar-refractivity contribution in [3.63, 3.8) is 0 Å². The fraction of sp³-hybridized carbons (Fsp3) is 0.333. The highest BCUT2D eigenvalue weighted by atomic mass is 79.9. The van der Waals surface area contributed by atoms with E-state index in [0.29, 0.717) is 5.69 Å². The van der Waals surface area contributed by atoms with Crippen LogP contribution in [0.15, 0.2) is 71.2 Å². The molecule has 4 aliphatic rings. The van der Waals surface area contributed by atoms with Crippen LogP contribution in [-0.4, -0.2) is 41.2 Å². The minimum atomic E-state index is -1.10. The average molecular weight is 616 g/mol. The smallest absolute Gasteiger partial charge is 0.329 e. The van der Waals surface area contributed by atoms with Crippen molar-refractivity contribution in [3.05, 3.63) is 99.0 Å². The molecule has 3 amide bonds. The van der Waals surface area contributed by atoms with E-state index in [-0.39, 0.29) is 36.0 Å². The molecule has 1 N–H and O–H groups in total. The van der Waals surface area contributed by atoms with E-state index in [9.17, 15) is 19.2 Å². The molecule has 7 rings (SSSR count). The van der Waals surface area contributed by atoms with Gasteiger partial charge in [0.1, 0.15) is 6.04 Å². The molecule has 0 aromatic heterocycles. The normalized spacial score (nSPS) is 22.7. The molecule has 8 heteroatoms. The number of carbonyl (C=O) groups is 4. The highest BCUT2D eigenvalue weighted by Crippen LogP contribution is 2.61. The Morgan fingerprint density at radius 3 is 1.85 bits per heavy atom. The lowest BCUT2D eigenvalue weighted by Crippen LogP contribution is -2.47. The second kappa shape index (κ2) is 10.6. The molecule has 0 unspecified atom stereocenters. The Balaban J connectivity index is 1.26. The van der Waals surface area contributed by atoms with E-state index in [1.54, 1.807) is 12.1 Å². The van der Waals surface area contributed by atoms with Crippen LogP contribution in [-0.2, 0) is 23.9 Å². The molecule has 3 aliphatic carbocycles. The molecule has 1 heterocycles. The van der Waals surface area contributed by atoms with Crippen LogP contribution >= 0.6 is 15.9 Å². The second-order valence-corrected chi connectivity index (χ2v) is 12.4. The maximum Gasteiger partial charge on any atom is 0.329 e. The van der Waals surface area contributed by atoms with Gasteiger partial charge in [-0.15, -0.1) is 0 Å². The molecule has 2 bridgehead atoms. The first-order valence-corrected chi connectivity index (χ1v) is 14.7. The molecule has 3 aromatic carbocycles. The van der Waals surface area contributed by atoms with Crippen molar-refractivity contribution in [1.82, 2.24) is 4.90 Å². The number of hydrogen-bond acceptors (Lipinski definition) is 5. The third-order valence-electron chi connectivity index (χ3n) is 8.55. The summed E-state index contributed by atoms with van der Waals surface area (Å²) in [7, 11) is 0. The van der Waals surface area contributed by atoms with Crippen molar-refractivity contribution in [2.75, 3.05) is 11.9 Å². The Bertz CT molecular complexity index is 1470. The summed E-state index contributed by atoms with van der Waals surface area (Å²) in [5.41, 5.74) is 5.81. The summed E-state index contributed by atoms with van der Waals surface area (Å²) in [6.45, 7) is 5.24. The van der Waals surface area contributed by atoms with E-state index in [2.05, 4.69) is 21.2 Å². The van der Waals surface area contributed by atoms with Gasteiger partial charge in [0.15, 0.2) is 6.61 Å². The Kier molecular flexibility index (Phi) is 7.06. The van der Waals surface area contributed by atoms with Gasteiger partial charge in [-0.25, -0.2) is 4.79 Å². The highest BCUT2D eigenvalue weighted by molar-refractivity contribution is 9.10. The number of esters is 1. The van der Waals surface area contributed by atoms with Gasteiger partial charge in [-0.1, -0.05) is 78.3 Å². The summed E-state index contributed by atoms with van der Waals surface area (Å²) >= 11 is 3.43. The van der Waals surface area contributed by atoms with Gasteiger partial charge in [0.2, 0.25) is 11.8 Å². The highest BCUT2D eigenvalue weighted by Gasteiger charge is 2.63. The van der Waals surface area contributed by atoms with Gasteiger partial charge < -0.3 is 10.1 Å². The molecular weight excluding hydrogens is 584 g/mol. The van der Waals surface area contributed by atoms with Crippen LogP contribution in [0.3, 0.4) is 0 Å². The third kappa shape index (κ3) is 4.58. The molecule has 41 heavy (non-hydrogen) atoms. The van der Waals surface area contributed by atoms with Crippen LogP contribution in [0.25, 0.3) is 0 Å². The van der Waals surface area contributed by atoms with E-state index in [4.69, 9.17) is 4.74 Å². The Hall–Kier alpha value is -3.78. The van der Waals surface area contributed by atoms with Gasteiger partial charge in [-0.05, 0) is 65.3 Å². The molecule has 1 saturated heterocycles. The molecule has 0 radical (unpaired) electrons. The topological polar surface area (TPSA) is 92.8 Å². The van der Waals surface area contributed by atoms with Gasteiger partial charge in [0.05, 0.1) is 11.8 Å². The van der Waals surface area contributed by atoms with E-state index >= 15 is 0 Å². The average Bonchev–Trinajstić information content (AvgIpc) is 3.22. The van der Waals surface area contributed by atoms with Crippen LogP contribution in [0, 0.1) is 24.7 Å². The van der Waals surface area contributed by atoms with Crippen molar-refractivity contribution in [3.8, 4) is 0 Å². The van der Waals surface area contributed by atoms with Crippen LogP contribution in [0.5, 0.6) is 0 Å². The first-order valence-electron chi connectivity index (χ1n) is 13.9. The van der Waals surface area contributed by atoms with Crippen molar-refractivity contribution < 1.29 is 23.9 Å². The van der Waals surface area contributed by atoms with Crippen LogP contribution in [0.4, 0.5) is 5.69 Å². The molecule has 0 spiro atoms. The number of aryl methyl sites for hydroxylation is 1. The van der Waals surface area contributed by atoms with E-state index in [1.165, 1.54) is 0 Å². The van der Waals surface area contributed by atoms with Crippen molar-refractivity contribution in [2.45, 2.75) is 45.1 Å². The van der Waals surface area contributed by atoms with Gasteiger partial charge in [-0.2, -0.15) is 0 Å². The quantitative estimate of drug-likeness (QED) is 0.278. The Morgan fingerprint density at radius 1 is 0.878 bits per heavy atom. The number of likely N-dealkylation sites (tertiary alicyclic amines) is 1. The predicted octanol–water partition coefficient (Wildman–Crippen LogP) is 5.55. The number of nitrogens with one attached hydrogen (secondary N) is 1. The number of benzene rings is 3. The number of halogens is 1. The van der Waals surface area contributed by atoms with Crippen molar-refractivity contribution in [1.29, 1.82) is 0 Å². The van der Waals surface area contributed by atoms with Gasteiger partial charge in [-0.3, -0.25) is 19.3 Å². The number of anilines is 1. The predicted molar refractivity (Wildman–Crippen MR) is 157 cm³/mol. The number of ether oxygens (including phenoxy) is 1. The summed E-state index contributed by atoms with van der Waals surface area (Å²) in [5.74, 6) is -3.59. The number of imide groups is 1. The fourth-order valence-corrected chi connectivity index (χ4v) is 7.16. The standard InChI is InChI=1S/C33H31BrN2O5/c1-17(2)14-25(33(40)41-16-26(37)35-19-12-13-24(34)18(3)15-19)36-31(38)29-27-20-8-4-5-9-21(20)28(30(29)32(36)39)23-11-7-6-10-22(23)27/h4-13,15,17,25,27-30H,14,16H2,1-3H3,(H,35,37)/t25-,27?,28?,29-,30-/m0/s1. The monoisotopic (exact) mass is 614 g/mol. The molecule has 1 fully saturated rings. The lowest BCUT2D eigenvalue weighted by molar-refractivity contribution is -0.160. The minimum Gasteiger partial charge on any atom is -0.454 e. The first-order chi connectivity index (χ1) is 19.7. The number of hydrogen-bond donors (Lipinski definition) is 1. The van der Waals surface area contributed by atoms with Gasteiger partial charge in [0, 0.05) is 22.0 Å². The van der Waals surface area contributed by atoms with Crippen LogP contribution in [0.2, 0.25) is 0 Å². The maximum absolute atomic E-state index is 14.1. The zero-order valence-corrected chi connectivity index (χ0v) is 24.7. The molecule has 0 saturated carbocycles. The first kappa shape index (κ1) is 27.4. The molecule has 210 valence electrons. The summed E-state index contributed by atoms with van der Waals surface area (Å²) in [4.78, 5) is 55.5. The minimum absolute atomic E-state index is 0.00135. The lowest BCUT2D eigenvalue weighted by Gasteiger charge is -2.45. The molecule has 3 aromatic rings. The van der Waals surface area contributed by atoms with Crippen molar-refractivity contribution >= 4 is 45.3 Å². The largest absolute Gasteiger partial charge is 0.454 e. The summed E-state index contributed by atoms with van der Waals surface area (Å²) in [5, 5.41) is 2.73. The zero-order valence-electron chi connectivity index (χ0n) is 23.1. The zero-order chi connectivity index (χ0) is 29.0. The third-order valence-corrected chi connectivity index (χ3v) is 9.44. The summed E-state index contributed by atoms with van der Waals surface area (Å²) < 4.78 is 6.36. The number of rotatable bonds is 7. The van der Waals surface area contributed by atoms with Crippen LogP contribution in [0.1, 0.15) is 59.9 Å². The molecule has 7 nitrogen and oxygen atoms in total. The molecule has 1 aliphatic heterocycles. The van der Waals surface area contributed by atoms with Gasteiger partial charge >= 0.3 is 5.97 Å². The van der Waals surface area contributed by atoms with Crippen molar-refractivity contribution in [2.24, 2.45) is 17.8 Å². The fourth-order valence-electron chi connectivity index (χ4n) is 6.91. The maximum atomic E-state index is 14.1. The summed E-state index contributed by atoms with van der Waals surface area (Å²) in [6.07, 6.45) is 0.249. The summed E-state index contributed by atoms with van der Waals surface area (Å²) in [6, 6.07) is 20.3. The number of amides is 3. The van der Waals surface area contributed by atoms with E-state index < -0.39 is 36.4 Å². The van der Waals surface area contributed by atoms with E-state index in [0.717, 1.165) is 37.2 Å².